The molecule has 0 saturated carbocycles. The summed E-state index contributed by atoms with van der Waals surface area (Å²) in [5.41, 5.74) is 2.96. The van der Waals surface area contributed by atoms with Gasteiger partial charge in [0.15, 0.2) is 0 Å². The average molecular weight is 267 g/mol. The van der Waals surface area contributed by atoms with E-state index < -0.39 is 5.97 Å². The van der Waals surface area contributed by atoms with E-state index in [1.54, 1.807) is 0 Å². The van der Waals surface area contributed by atoms with Crippen molar-refractivity contribution in [3.8, 4) is 0 Å². The molecular weight excluding hydrogens is 254 g/mol. The minimum Gasteiger partial charge on any atom is -0.458 e. The van der Waals surface area contributed by atoms with Crippen LogP contribution in [0.15, 0.2) is 43.1 Å². The molecule has 0 N–H and O–H groups in total. The Bertz CT molecular complexity index is 820. The first-order chi connectivity index (χ1) is 9.72. The molecule has 5 heteroatoms. The number of nitrogens with zero attached hydrogens (tertiary/aromatic N) is 3. The number of ether oxygens (including phenoxy) is 1. The first kappa shape index (κ1) is 12.3. The third-order valence-corrected chi connectivity index (χ3v) is 3.13. The van der Waals surface area contributed by atoms with Crippen molar-refractivity contribution in [3.05, 3.63) is 54.4 Å². The molecular formula is C15H13N3O2. The maximum absolute atomic E-state index is 12.0. The highest BCUT2D eigenvalue weighted by Crippen LogP contribution is 2.19. The molecule has 0 spiro atoms. The third-order valence-electron chi connectivity index (χ3n) is 3.13. The van der Waals surface area contributed by atoms with Crippen LogP contribution in [-0.2, 0) is 4.74 Å². The Morgan fingerprint density at radius 1 is 1.45 bits per heavy atom. The molecule has 3 aromatic rings. The number of hydrogen-bond acceptors (Lipinski definition) is 4. The van der Waals surface area contributed by atoms with Gasteiger partial charge in [0.2, 0.25) is 5.78 Å². The van der Waals surface area contributed by atoms with Crippen molar-refractivity contribution in [1.82, 2.24) is 14.4 Å². The zero-order chi connectivity index (χ0) is 14.1. The predicted octanol–water partition coefficient (Wildman–Crippen LogP) is 2.53. The fourth-order valence-corrected chi connectivity index (χ4v) is 2.18. The van der Waals surface area contributed by atoms with Crippen molar-refractivity contribution in [2.75, 3.05) is 6.61 Å². The molecule has 0 radical (unpaired) electrons. The summed E-state index contributed by atoms with van der Waals surface area (Å²) >= 11 is 0. The van der Waals surface area contributed by atoms with Crippen LogP contribution in [0.3, 0.4) is 0 Å². The highest BCUT2D eigenvalue weighted by Gasteiger charge is 2.16. The Morgan fingerprint density at radius 2 is 2.25 bits per heavy atom. The lowest BCUT2D eigenvalue weighted by Gasteiger charge is -2.07. The Balaban J connectivity index is 2.21. The number of rotatable bonds is 3. The monoisotopic (exact) mass is 267 g/mol. The highest BCUT2D eigenvalue weighted by atomic mass is 16.5. The number of hydrogen-bond donors (Lipinski definition) is 0. The number of aryl methyl sites for hydroxylation is 1. The first-order valence-corrected chi connectivity index (χ1v) is 6.23. The maximum atomic E-state index is 12.0. The van der Waals surface area contributed by atoms with Crippen LogP contribution in [0.2, 0.25) is 0 Å². The second-order valence-electron chi connectivity index (χ2n) is 4.38. The van der Waals surface area contributed by atoms with Crippen molar-refractivity contribution in [2.45, 2.75) is 6.92 Å². The first-order valence-electron chi connectivity index (χ1n) is 6.23. The molecule has 0 atom stereocenters. The molecule has 0 amide bonds. The van der Waals surface area contributed by atoms with Gasteiger partial charge in [0, 0.05) is 11.9 Å². The van der Waals surface area contributed by atoms with Crippen LogP contribution in [0.1, 0.15) is 16.1 Å². The van der Waals surface area contributed by atoms with Gasteiger partial charge in [-0.3, -0.25) is 4.40 Å². The van der Waals surface area contributed by atoms with Gasteiger partial charge in [-0.25, -0.2) is 14.8 Å². The molecule has 0 fully saturated rings. The van der Waals surface area contributed by atoms with E-state index in [-0.39, 0.29) is 6.61 Å². The van der Waals surface area contributed by atoms with Crippen LogP contribution in [0.25, 0.3) is 16.8 Å². The molecule has 0 aliphatic rings. The topological polar surface area (TPSA) is 56.5 Å². The molecule has 0 unspecified atom stereocenters. The minimum atomic E-state index is -0.408. The summed E-state index contributed by atoms with van der Waals surface area (Å²) in [5.74, 6) is 0.165. The number of para-hydroxylation sites is 2. The average Bonchev–Trinajstić information content (AvgIpc) is 2.84. The van der Waals surface area contributed by atoms with Crippen LogP contribution in [0, 0.1) is 6.92 Å². The smallest absolute Gasteiger partial charge is 0.341 e. The molecule has 2 aromatic heterocycles. The largest absolute Gasteiger partial charge is 0.458 e. The van der Waals surface area contributed by atoms with Crippen molar-refractivity contribution in [2.24, 2.45) is 0 Å². The molecule has 100 valence electrons. The van der Waals surface area contributed by atoms with Crippen molar-refractivity contribution >= 4 is 22.8 Å². The van der Waals surface area contributed by atoms with Crippen LogP contribution < -0.4 is 0 Å². The van der Waals surface area contributed by atoms with Gasteiger partial charge in [-0.2, -0.15) is 0 Å². The normalized spacial score (nSPS) is 10.8. The van der Waals surface area contributed by atoms with Crippen LogP contribution >= 0.6 is 0 Å². The number of benzene rings is 1. The predicted molar refractivity (Wildman–Crippen MR) is 75.7 cm³/mol. The Kier molecular flexibility index (Phi) is 2.95. The summed E-state index contributed by atoms with van der Waals surface area (Å²) in [7, 11) is 0. The number of fused-ring (bicyclic) bond motifs is 3. The number of esters is 1. The van der Waals surface area contributed by atoms with Crippen LogP contribution in [-0.4, -0.2) is 26.9 Å². The number of carbonyl (C=O) groups excluding carboxylic acids is 1. The molecule has 1 aromatic carbocycles. The van der Waals surface area contributed by atoms with E-state index in [1.807, 2.05) is 35.6 Å². The van der Waals surface area contributed by atoms with Gasteiger partial charge in [-0.05, 0) is 19.1 Å². The van der Waals surface area contributed by atoms with Gasteiger partial charge in [0.05, 0.1) is 16.6 Å². The van der Waals surface area contributed by atoms with Gasteiger partial charge in [-0.1, -0.05) is 24.8 Å². The Morgan fingerprint density at radius 3 is 3.05 bits per heavy atom. The van der Waals surface area contributed by atoms with E-state index in [0.29, 0.717) is 11.3 Å². The van der Waals surface area contributed by atoms with Gasteiger partial charge >= 0.3 is 5.97 Å². The van der Waals surface area contributed by atoms with Crippen molar-refractivity contribution in [3.63, 3.8) is 0 Å². The summed E-state index contributed by atoms with van der Waals surface area (Å²) in [6.07, 6.45) is 3.04. The van der Waals surface area contributed by atoms with Crippen LogP contribution in [0.5, 0.6) is 0 Å². The Labute approximate surface area is 115 Å². The SMILES string of the molecule is C=CCOC(=O)c1cnc2nc3ccccc3n2c1C. The molecule has 0 saturated heterocycles. The highest BCUT2D eigenvalue weighted by molar-refractivity contribution is 5.91. The summed E-state index contributed by atoms with van der Waals surface area (Å²) in [6.45, 7) is 5.56. The van der Waals surface area contributed by atoms with Gasteiger partial charge in [0.25, 0.3) is 0 Å². The number of carbonyl (C=O) groups is 1. The summed E-state index contributed by atoms with van der Waals surface area (Å²) in [4.78, 5) is 20.6. The molecule has 0 aliphatic heterocycles. The second-order valence-corrected chi connectivity index (χ2v) is 4.38. The third kappa shape index (κ3) is 1.84. The van der Waals surface area contributed by atoms with Crippen molar-refractivity contribution in [1.29, 1.82) is 0 Å². The molecule has 3 rings (SSSR count). The molecule has 2 heterocycles. The standard InChI is InChI=1S/C15H13N3O2/c1-3-8-20-14(19)11-9-16-15-17-12-6-4-5-7-13(12)18(15)10(11)2/h3-7,9H,1,8H2,2H3. The lowest BCUT2D eigenvalue weighted by Crippen LogP contribution is -2.10. The molecule has 5 nitrogen and oxygen atoms in total. The summed E-state index contributed by atoms with van der Waals surface area (Å²) in [6, 6.07) is 7.71. The lowest BCUT2D eigenvalue weighted by molar-refractivity contribution is 0.0547. The zero-order valence-electron chi connectivity index (χ0n) is 11.0. The fraction of sp³-hybridized carbons (Fsp3) is 0.133. The molecule has 0 bridgehead atoms. The van der Waals surface area contributed by atoms with Crippen molar-refractivity contribution < 1.29 is 9.53 Å². The second kappa shape index (κ2) is 4.77. The van der Waals surface area contributed by atoms with Gasteiger partial charge < -0.3 is 4.74 Å². The number of imidazole rings is 1. The van der Waals surface area contributed by atoms with E-state index >= 15 is 0 Å². The van der Waals surface area contributed by atoms with E-state index in [2.05, 4.69) is 16.5 Å². The number of aromatic nitrogens is 3. The van der Waals surface area contributed by atoms with E-state index in [1.165, 1.54) is 12.3 Å². The summed E-state index contributed by atoms with van der Waals surface area (Å²) < 4.78 is 6.93. The maximum Gasteiger partial charge on any atom is 0.341 e. The zero-order valence-corrected chi connectivity index (χ0v) is 11.0. The van der Waals surface area contributed by atoms with Crippen LogP contribution in [0.4, 0.5) is 0 Å². The fourth-order valence-electron chi connectivity index (χ4n) is 2.18. The van der Waals surface area contributed by atoms with Gasteiger partial charge in [-0.15, -0.1) is 0 Å². The van der Waals surface area contributed by atoms with E-state index in [4.69, 9.17) is 4.74 Å². The minimum absolute atomic E-state index is 0.182. The van der Waals surface area contributed by atoms with E-state index in [9.17, 15) is 4.79 Å². The molecule has 20 heavy (non-hydrogen) atoms. The van der Waals surface area contributed by atoms with E-state index in [0.717, 1.165) is 16.7 Å². The molecule has 0 aliphatic carbocycles. The Hall–Kier alpha value is -2.69. The summed E-state index contributed by atoms with van der Waals surface area (Å²) in [5, 5.41) is 0. The quantitative estimate of drug-likeness (QED) is 0.540. The lowest BCUT2D eigenvalue weighted by atomic mass is 10.2. The van der Waals surface area contributed by atoms with Gasteiger partial charge in [0.1, 0.15) is 6.61 Å².